The van der Waals surface area contributed by atoms with Gasteiger partial charge in [0.25, 0.3) is 5.91 Å². The first-order valence-electron chi connectivity index (χ1n) is 10.9. The number of hydrogen-bond acceptors (Lipinski definition) is 7. The molecule has 33 heavy (non-hydrogen) atoms. The molecule has 7 N–H and O–H groups in total. The highest BCUT2D eigenvalue weighted by Gasteiger charge is 2.34. The lowest BCUT2D eigenvalue weighted by molar-refractivity contribution is -0.116. The van der Waals surface area contributed by atoms with E-state index in [9.17, 15) is 9.59 Å². The van der Waals surface area contributed by atoms with Crippen LogP contribution in [0.2, 0.25) is 0 Å². The Balaban J connectivity index is 1.68. The number of rotatable bonds is 8. The molecule has 0 saturated heterocycles. The molecule has 3 rings (SSSR count). The fourth-order valence-electron chi connectivity index (χ4n) is 3.95. The van der Waals surface area contributed by atoms with Gasteiger partial charge in [-0.2, -0.15) is 0 Å². The summed E-state index contributed by atoms with van der Waals surface area (Å²) in [5, 5.41) is 6.74. The molecule has 0 radical (unpaired) electrons. The molecule has 0 aromatic carbocycles. The van der Waals surface area contributed by atoms with E-state index in [1.807, 2.05) is 13.8 Å². The van der Waals surface area contributed by atoms with Crippen LogP contribution in [-0.4, -0.2) is 33.8 Å². The summed E-state index contributed by atoms with van der Waals surface area (Å²) in [6.07, 6.45) is 6.02. The van der Waals surface area contributed by atoms with Crippen molar-refractivity contribution in [2.75, 3.05) is 5.32 Å². The highest BCUT2D eigenvalue weighted by molar-refractivity contribution is 6.24. The summed E-state index contributed by atoms with van der Waals surface area (Å²) in [6, 6.07) is 4.95. The van der Waals surface area contributed by atoms with Crippen LogP contribution in [0.25, 0.3) is 5.70 Å². The Kier molecular flexibility index (Phi) is 7.15. The molecule has 0 atom stereocenters. The monoisotopic (exact) mass is 453 g/mol. The van der Waals surface area contributed by atoms with Gasteiger partial charge < -0.3 is 27.0 Å². The van der Waals surface area contributed by atoms with Gasteiger partial charge in [-0.25, -0.2) is 0 Å². The molecule has 10 heteroatoms. The Hall–Kier alpha value is -3.69. The zero-order valence-corrected chi connectivity index (χ0v) is 19.2. The zero-order chi connectivity index (χ0) is 24.2. The SMILES string of the molecule is CC(C)N=C(N)/C(C(N)=O)=C(\N)c1ccc(CC(=O)Nc2cc(C3(C)CCCC3)on2)cn1. The Morgan fingerprint density at radius 3 is 2.48 bits per heavy atom. The van der Waals surface area contributed by atoms with E-state index in [1.165, 1.54) is 19.0 Å². The smallest absolute Gasteiger partial charge is 0.254 e. The predicted molar refractivity (Wildman–Crippen MR) is 126 cm³/mol. The number of primary amides is 1. The van der Waals surface area contributed by atoms with Crippen molar-refractivity contribution >= 4 is 29.2 Å². The average Bonchev–Trinajstić information content (AvgIpc) is 3.38. The number of amides is 2. The Morgan fingerprint density at radius 2 is 1.91 bits per heavy atom. The van der Waals surface area contributed by atoms with Gasteiger partial charge in [0.15, 0.2) is 5.82 Å². The largest absolute Gasteiger partial charge is 0.396 e. The quantitative estimate of drug-likeness (QED) is 0.268. The van der Waals surface area contributed by atoms with Crippen LogP contribution in [0.1, 0.15) is 63.5 Å². The molecule has 2 aromatic heterocycles. The number of amidine groups is 1. The highest BCUT2D eigenvalue weighted by atomic mass is 16.5. The fourth-order valence-corrected chi connectivity index (χ4v) is 3.95. The Morgan fingerprint density at radius 1 is 1.21 bits per heavy atom. The molecule has 2 heterocycles. The normalized spacial score (nSPS) is 16.5. The van der Waals surface area contributed by atoms with Gasteiger partial charge in [0.05, 0.1) is 17.8 Å². The van der Waals surface area contributed by atoms with E-state index in [2.05, 4.69) is 27.4 Å². The van der Waals surface area contributed by atoms with Crippen LogP contribution in [-0.2, 0) is 21.4 Å². The predicted octanol–water partition coefficient (Wildman–Crippen LogP) is 2.00. The van der Waals surface area contributed by atoms with Gasteiger partial charge in [-0.3, -0.25) is 19.6 Å². The number of nitrogens with two attached hydrogens (primary N) is 3. The van der Waals surface area contributed by atoms with Crippen molar-refractivity contribution in [1.29, 1.82) is 0 Å². The summed E-state index contributed by atoms with van der Waals surface area (Å²) < 4.78 is 5.48. The van der Waals surface area contributed by atoms with E-state index in [0.717, 1.165) is 18.6 Å². The maximum Gasteiger partial charge on any atom is 0.254 e. The second kappa shape index (κ2) is 9.85. The summed E-state index contributed by atoms with van der Waals surface area (Å²) in [7, 11) is 0. The third-order valence-corrected chi connectivity index (χ3v) is 5.71. The van der Waals surface area contributed by atoms with Crippen molar-refractivity contribution in [2.24, 2.45) is 22.2 Å². The van der Waals surface area contributed by atoms with E-state index in [4.69, 9.17) is 21.7 Å². The lowest BCUT2D eigenvalue weighted by Crippen LogP contribution is -2.30. The summed E-state index contributed by atoms with van der Waals surface area (Å²) in [6.45, 7) is 5.79. The van der Waals surface area contributed by atoms with E-state index >= 15 is 0 Å². The van der Waals surface area contributed by atoms with Crippen LogP contribution in [0.3, 0.4) is 0 Å². The molecule has 1 fully saturated rings. The lowest BCUT2D eigenvalue weighted by atomic mass is 9.86. The van der Waals surface area contributed by atoms with Crippen LogP contribution in [0.4, 0.5) is 5.82 Å². The maximum atomic E-state index is 12.5. The molecule has 2 amide bonds. The fraction of sp³-hybridized carbons (Fsp3) is 0.435. The van der Waals surface area contributed by atoms with Crippen molar-refractivity contribution in [2.45, 2.75) is 64.3 Å². The van der Waals surface area contributed by atoms with Gasteiger partial charge in [-0.15, -0.1) is 0 Å². The van der Waals surface area contributed by atoms with Gasteiger partial charge in [0.1, 0.15) is 17.2 Å². The van der Waals surface area contributed by atoms with Crippen LogP contribution in [0.15, 0.2) is 39.5 Å². The molecular formula is C23H31N7O3. The van der Waals surface area contributed by atoms with Crippen molar-refractivity contribution in [3.63, 3.8) is 0 Å². The second-order valence-electron chi connectivity index (χ2n) is 8.88. The van der Waals surface area contributed by atoms with Gasteiger partial charge in [-0.1, -0.05) is 31.0 Å². The highest BCUT2D eigenvalue weighted by Crippen LogP contribution is 2.41. The number of nitrogens with zero attached hydrogens (tertiary/aromatic N) is 3. The minimum absolute atomic E-state index is 0.0176. The number of nitrogens with one attached hydrogen (secondary N) is 1. The standard InChI is InChI=1S/C23H31N7O3/c1-13(2)28-21(25)19(22(26)32)20(24)15-7-6-14(12-27-15)10-18(31)29-17-11-16(33-30-17)23(3)8-4-5-9-23/h6-7,11-13H,4-5,8-10,24H2,1-3H3,(H2,25,28)(H2,26,32)(H,29,30,31)/b20-19+. The van der Waals surface area contributed by atoms with Crippen molar-refractivity contribution in [3.05, 3.63) is 47.0 Å². The van der Waals surface area contributed by atoms with E-state index in [-0.39, 0.29) is 40.9 Å². The summed E-state index contributed by atoms with van der Waals surface area (Å²) in [5.74, 6) is 0.104. The van der Waals surface area contributed by atoms with Gasteiger partial charge >= 0.3 is 0 Å². The molecule has 10 nitrogen and oxygen atoms in total. The van der Waals surface area contributed by atoms with Crippen LogP contribution in [0.5, 0.6) is 0 Å². The lowest BCUT2D eigenvalue weighted by Gasteiger charge is -2.18. The zero-order valence-electron chi connectivity index (χ0n) is 19.2. The number of anilines is 1. The minimum Gasteiger partial charge on any atom is -0.396 e. The van der Waals surface area contributed by atoms with Crippen LogP contribution in [0, 0.1) is 0 Å². The topological polar surface area (TPSA) is 176 Å². The first-order valence-corrected chi connectivity index (χ1v) is 10.9. The Labute approximate surface area is 192 Å². The molecule has 1 aliphatic rings. The van der Waals surface area contributed by atoms with Crippen molar-refractivity contribution in [3.8, 4) is 0 Å². The molecule has 0 spiro atoms. The number of hydrogen-bond donors (Lipinski definition) is 4. The van der Waals surface area contributed by atoms with Crippen LogP contribution < -0.4 is 22.5 Å². The average molecular weight is 454 g/mol. The summed E-state index contributed by atoms with van der Waals surface area (Å²) in [4.78, 5) is 32.7. The third-order valence-electron chi connectivity index (χ3n) is 5.71. The molecule has 1 saturated carbocycles. The van der Waals surface area contributed by atoms with E-state index in [0.29, 0.717) is 17.1 Å². The minimum atomic E-state index is -0.793. The Bertz CT molecular complexity index is 1080. The summed E-state index contributed by atoms with van der Waals surface area (Å²) >= 11 is 0. The van der Waals surface area contributed by atoms with Gasteiger partial charge in [-0.05, 0) is 38.3 Å². The molecule has 176 valence electrons. The maximum absolute atomic E-state index is 12.5. The van der Waals surface area contributed by atoms with Gasteiger partial charge in [0, 0.05) is 23.7 Å². The van der Waals surface area contributed by atoms with Gasteiger partial charge in [0.2, 0.25) is 5.91 Å². The number of aromatic nitrogens is 2. The molecule has 2 aromatic rings. The molecule has 0 unspecified atom stereocenters. The first kappa shape index (κ1) is 24.0. The molecular weight excluding hydrogens is 422 g/mol. The van der Waals surface area contributed by atoms with Crippen molar-refractivity contribution < 1.29 is 14.1 Å². The number of carbonyl (C=O) groups is 2. The number of carbonyl (C=O) groups excluding carboxylic acids is 2. The number of pyridine rings is 1. The molecule has 0 bridgehead atoms. The molecule has 1 aliphatic carbocycles. The third kappa shape index (κ3) is 5.76. The summed E-state index contributed by atoms with van der Waals surface area (Å²) in [5.41, 5.74) is 18.3. The number of aliphatic imine (C=N–C) groups is 1. The molecule has 0 aliphatic heterocycles. The van der Waals surface area contributed by atoms with Crippen LogP contribution >= 0.6 is 0 Å². The second-order valence-corrected chi connectivity index (χ2v) is 8.88. The van der Waals surface area contributed by atoms with E-state index in [1.54, 1.807) is 18.2 Å². The van der Waals surface area contributed by atoms with E-state index < -0.39 is 5.91 Å². The first-order chi connectivity index (χ1) is 15.6. The van der Waals surface area contributed by atoms with Crippen molar-refractivity contribution in [1.82, 2.24) is 10.1 Å².